The number of hydrogen-bond donors (Lipinski definition) is 0. The highest BCUT2D eigenvalue weighted by Crippen LogP contribution is 2.64. The molecule has 0 N–H and O–H groups in total. The van der Waals surface area contributed by atoms with Gasteiger partial charge in [-0.2, -0.15) is 0 Å². The van der Waals surface area contributed by atoms with Crippen LogP contribution in [-0.2, 0) is 9.53 Å². The molecule has 3 atom stereocenters. The van der Waals surface area contributed by atoms with Crippen LogP contribution < -0.4 is 4.90 Å². The van der Waals surface area contributed by atoms with E-state index >= 15 is 0 Å². The van der Waals surface area contributed by atoms with Crippen LogP contribution in [0.25, 0.3) is 0 Å². The molecular weight excluding hydrogens is 310 g/mol. The predicted octanol–water partition coefficient (Wildman–Crippen LogP) is 2.69. The Bertz CT molecular complexity index is 661. The zero-order valence-corrected chi connectivity index (χ0v) is 13.7. The van der Waals surface area contributed by atoms with Crippen molar-refractivity contribution in [1.82, 2.24) is 4.98 Å². The van der Waals surface area contributed by atoms with Gasteiger partial charge in [0.15, 0.2) is 0 Å². The Hall–Kier alpha value is -2.18. The van der Waals surface area contributed by atoms with Gasteiger partial charge in [-0.15, -0.1) is 0 Å². The van der Waals surface area contributed by atoms with Crippen LogP contribution in [0.1, 0.15) is 39.0 Å². The summed E-state index contributed by atoms with van der Waals surface area (Å²) in [5.74, 6) is 0.836. The molecule has 3 unspecified atom stereocenters. The summed E-state index contributed by atoms with van der Waals surface area (Å²) in [5, 5.41) is 10.8. The lowest BCUT2D eigenvalue weighted by molar-refractivity contribution is -0.385. The lowest BCUT2D eigenvalue weighted by Gasteiger charge is -2.40. The molecule has 24 heavy (non-hydrogen) atoms. The van der Waals surface area contributed by atoms with Crippen LogP contribution in [0.2, 0.25) is 0 Å². The Kier molecular flexibility index (Phi) is 3.47. The van der Waals surface area contributed by atoms with Gasteiger partial charge in [0, 0.05) is 18.2 Å². The first-order valence-electron chi connectivity index (χ1n) is 8.59. The molecule has 3 fully saturated rings. The van der Waals surface area contributed by atoms with E-state index < -0.39 is 4.92 Å². The highest BCUT2D eigenvalue weighted by Gasteiger charge is 2.64. The number of piperidine rings is 1. The van der Waals surface area contributed by atoms with E-state index in [0.29, 0.717) is 18.7 Å². The second-order valence-electron chi connectivity index (χ2n) is 7.20. The summed E-state index contributed by atoms with van der Waals surface area (Å²) in [6.07, 6.45) is 6.45. The molecule has 7 heteroatoms. The molecule has 3 heterocycles. The van der Waals surface area contributed by atoms with Crippen molar-refractivity contribution in [2.24, 2.45) is 11.3 Å². The van der Waals surface area contributed by atoms with Gasteiger partial charge in [-0.3, -0.25) is 14.9 Å². The summed E-state index contributed by atoms with van der Waals surface area (Å²) < 4.78 is 5.20. The summed E-state index contributed by atoms with van der Waals surface area (Å²) in [7, 11) is 0. The van der Waals surface area contributed by atoms with Crippen molar-refractivity contribution in [2.45, 2.75) is 51.1 Å². The van der Waals surface area contributed by atoms with Crippen LogP contribution in [-0.4, -0.2) is 34.6 Å². The van der Waals surface area contributed by atoms with Gasteiger partial charge in [0.05, 0.1) is 17.4 Å². The number of carbonyl (C=O) groups is 1. The maximum atomic E-state index is 12.1. The van der Waals surface area contributed by atoms with Gasteiger partial charge in [0.2, 0.25) is 0 Å². The number of carbonyl (C=O) groups excluding carboxylic acids is 1. The number of esters is 1. The highest BCUT2D eigenvalue weighted by atomic mass is 16.6. The van der Waals surface area contributed by atoms with Gasteiger partial charge in [0.1, 0.15) is 12.0 Å². The van der Waals surface area contributed by atoms with Crippen molar-refractivity contribution < 1.29 is 14.5 Å². The fourth-order valence-electron chi connectivity index (χ4n) is 4.77. The maximum Gasteiger partial charge on any atom is 0.309 e. The quantitative estimate of drug-likeness (QED) is 0.479. The monoisotopic (exact) mass is 331 g/mol. The molecule has 1 saturated carbocycles. The van der Waals surface area contributed by atoms with Crippen molar-refractivity contribution >= 4 is 17.5 Å². The molecule has 1 aliphatic carbocycles. The summed E-state index contributed by atoms with van der Waals surface area (Å²) in [6, 6.07) is 4.01. The summed E-state index contributed by atoms with van der Waals surface area (Å²) in [6.45, 7) is 2.29. The average molecular weight is 331 g/mol. The lowest BCUT2D eigenvalue weighted by atomic mass is 9.85. The molecule has 3 aliphatic rings. The summed E-state index contributed by atoms with van der Waals surface area (Å²) in [4.78, 5) is 29.0. The average Bonchev–Trinajstić information content (AvgIpc) is 3.18. The fourth-order valence-corrected chi connectivity index (χ4v) is 4.77. The Morgan fingerprint density at radius 2 is 2.08 bits per heavy atom. The number of nitrogens with zero attached hydrogens (tertiary/aromatic N) is 3. The number of anilines is 1. The first-order valence-corrected chi connectivity index (χ1v) is 8.59. The van der Waals surface area contributed by atoms with Crippen molar-refractivity contribution in [3.05, 3.63) is 28.4 Å². The summed E-state index contributed by atoms with van der Waals surface area (Å²) >= 11 is 0. The van der Waals surface area contributed by atoms with Crippen LogP contribution >= 0.6 is 0 Å². The van der Waals surface area contributed by atoms with Crippen molar-refractivity contribution in [2.75, 3.05) is 11.5 Å². The first-order chi connectivity index (χ1) is 11.5. The molecule has 1 aromatic heterocycles. The SMILES string of the molecule is CCOC(=O)C1CC12CC1CCC(C2)N1c1ccc([N+](=O)[O-])cn1. The van der Waals surface area contributed by atoms with Crippen LogP contribution in [0.5, 0.6) is 0 Å². The number of hydrogen-bond acceptors (Lipinski definition) is 6. The largest absolute Gasteiger partial charge is 0.466 e. The van der Waals surface area contributed by atoms with Gasteiger partial charge in [-0.25, -0.2) is 4.98 Å². The zero-order valence-electron chi connectivity index (χ0n) is 13.7. The molecule has 0 amide bonds. The number of nitro groups is 1. The standard InChI is InChI=1S/C17H21N3O4/c1-2-24-16(21)14-9-17(14)7-11-3-4-12(8-17)19(11)15-6-5-13(10-18-15)20(22)23/h5-6,10-12,14H,2-4,7-9H2,1H3. The van der Waals surface area contributed by atoms with Crippen molar-refractivity contribution in [3.8, 4) is 0 Å². The van der Waals surface area contributed by atoms with E-state index in [0.717, 1.165) is 37.9 Å². The summed E-state index contributed by atoms with van der Waals surface area (Å²) in [5.41, 5.74) is 0.138. The van der Waals surface area contributed by atoms with E-state index in [1.54, 1.807) is 6.07 Å². The molecule has 2 saturated heterocycles. The van der Waals surface area contributed by atoms with Crippen LogP contribution in [0, 0.1) is 21.4 Å². The highest BCUT2D eigenvalue weighted by molar-refractivity contribution is 5.77. The Morgan fingerprint density at radius 3 is 2.62 bits per heavy atom. The van der Waals surface area contributed by atoms with Gasteiger partial charge in [0.25, 0.3) is 5.69 Å². The molecule has 128 valence electrons. The van der Waals surface area contributed by atoms with Gasteiger partial charge in [-0.1, -0.05) is 0 Å². The Morgan fingerprint density at radius 1 is 1.38 bits per heavy atom. The number of ether oxygens (including phenoxy) is 1. The van der Waals surface area contributed by atoms with Crippen LogP contribution in [0.4, 0.5) is 11.5 Å². The van der Waals surface area contributed by atoms with Crippen LogP contribution in [0.3, 0.4) is 0 Å². The van der Waals surface area contributed by atoms with Gasteiger partial charge < -0.3 is 9.64 Å². The van der Waals surface area contributed by atoms with Crippen molar-refractivity contribution in [3.63, 3.8) is 0 Å². The minimum absolute atomic E-state index is 0.0177. The third kappa shape index (κ3) is 2.34. The topological polar surface area (TPSA) is 85.6 Å². The zero-order chi connectivity index (χ0) is 16.9. The number of pyridine rings is 1. The molecular formula is C17H21N3O4. The maximum absolute atomic E-state index is 12.1. The molecule has 7 nitrogen and oxygen atoms in total. The molecule has 2 aliphatic heterocycles. The predicted molar refractivity (Wildman–Crippen MR) is 86.6 cm³/mol. The minimum atomic E-state index is -0.426. The normalized spacial score (nSPS) is 33.5. The molecule has 2 bridgehead atoms. The van der Waals surface area contributed by atoms with E-state index in [-0.39, 0.29) is 23.0 Å². The van der Waals surface area contributed by atoms with Crippen molar-refractivity contribution in [1.29, 1.82) is 0 Å². The number of fused-ring (bicyclic) bond motifs is 2. The van der Waals surface area contributed by atoms with E-state index in [4.69, 9.17) is 4.74 Å². The molecule has 1 aromatic rings. The van der Waals surface area contributed by atoms with E-state index in [2.05, 4.69) is 9.88 Å². The molecule has 0 radical (unpaired) electrons. The number of aromatic nitrogens is 1. The number of rotatable bonds is 4. The third-order valence-corrected chi connectivity index (χ3v) is 5.87. The molecule has 0 aromatic carbocycles. The molecule has 4 rings (SSSR count). The van der Waals surface area contributed by atoms with E-state index in [9.17, 15) is 14.9 Å². The lowest BCUT2D eigenvalue weighted by Crippen LogP contribution is -2.45. The van der Waals surface area contributed by atoms with E-state index in [1.807, 2.05) is 6.92 Å². The van der Waals surface area contributed by atoms with Gasteiger partial charge >= 0.3 is 5.97 Å². The second kappa shape index (κ2) is 5.43. The Balaban J connectivity index is 1.50. The molecule has 1 spiro atoms. The second-order valence-corrected chi connectivity index (χ2v) is 7.20. The van der Waals surface area contributed by atoms with Crippen LogP contribution in [0.15, 0.2) is 18.3 Å². The fraction of sp³-hybridized carbons (Fsp3) is 0.647. The Labute approximate surface area is 140 Å². The smallest absolute Gasteiger partial charge is 0.309 e. The van der Waals surface area contributed by atoms with Gasteiger partial charge in [-0.05, 0) is 50.5 Å². The third-order valence-electron chi connectivity index (χ3n) is 5.87. The first kappa shape index (κ1) is 15.4. The van der Waals surface area contributed by atoms with E-state index in [1.165, 1.54) is 12.3 Å². The minimum Gasteiger partial charge on any atom is -0.466 e.